The van der Waals surface area contributed by atoms with E-state index in [9.17, 15) is 0 Å². The molecule has 100 valence electrons. The van der Waals surface area contributed by atoms with Gasteiger partial charge in [-0.3, -0.25) is 0 Å². The highest BCUT2D eigenvalue weighted by Gasteiger charge is 2.02. The number of nitrogens with zero attached hydrogens (tertiary/aromatic N) is 2. The summed E-state index contributed by atoms with van der Waals surface area (Å²) in [6, 6.07) is 12.5. The number of hydrogen-bond acceptors (Lipinski definition) is 4. The van der Waals surface area contributed by atoms with Crippen molar-refractivity contribution >= 4 is 17.6 Å². The average molecular weight is 273 g/mol. The average Bonchev–Trinajstić information content (AvgIpc) is 2.40. The fourth-order valence-corrected chi connectivity index (χ4v) is 2.64. The number of nitrogens with one attached hydrogen (secondary N) is 1. The Labute approximate surface area is 118 Å². The number of hydrogen-bond donors (Lipinski definition) is 1. The first-order valence-electron chi connectivity index (χ1n) is 6.48. The van der Waals surface area contributed by atoms with Gasteiger partial charge in [0.15, 0.2) is 0 Å². The molecule has 2 aromatic rings. The maximum absolute atomic E-state index is 4.51. The zero-order valence-electron chi connectivity index (χ0n) is 11.4. The Balaban J connectivity index is 1.92. The minimum absolute atomic E-state index is 0.842. The normalized spacial score (nSPS) is 10.4. The first-order chi connectivity index (χ1) is 9.28. The van der Waals surface area contributed by atoms with Gasteiger partial charge in [0, 0.05) is 24.1 Å². The van der Waals surface area contributed by atoms with E-state index < -0.39 is 0 Å². The summed E-state index contributed by atoms with van der Waals surface area (Å²) < 4.78 is 0. The standard InChI is InChI=1S/C15H19N3S/c1-3-16-14-9-12(2)17-15(18-14)11-19-10-13-7-5-4-6-8-13/h4-9H,3,10-11H2,1-2H3,(H,16,17,18). The highest BCUT2D eigenvalue weighted by Crippen LogP contribution is 2.17. The van der Waals surface area contributed by atoms with E-state index in [4.69, 9.17) is 0 Å². The van der Waals surface area contributed by atoms with Gasteiger partial charge in [-0.25, -0.2) is 9.97 Å². The second kappa shape index (κ2) is 7.14. The van der Waals surface area contributed by atoms with Crippen LogP contribution in [0, 0.1) is 6.92 Å². The summed E-state index contributed by atoms with van der Waals surface area (Å²) >= 11 is 1.84. The van der Waals surface area contributed by atoms with Crippen molar-refractivity contribution < 1.29 is 0 Å². The van der Waals surface area contributed by atoms with Crippen LogP contribution in [0.1, 0.15) is 24.0 Å². The zero-order chi connectivity index (χ0) is 13.5. The first-order valence-corrected chi connectivity index (χ1v) is 7.63. The van der Waals surface area contributed by atoms with Crippen LogP contribution in [0.4, 0.5) is 5.82 Å². The number of rotatable bonds is 6. The maximum Gasteiger partial charge on any atom is 0.140 e. The molecule has 4 heteroatoms. The molecule has 0 saturated heterocycles. The van der Waals surface area contributed by atoms with Crippen LogP contribution in [0.5, 0.6) is 0 Å². The SMILES string of the molecule is CCNc1cc(C)nc(CSCc2ccccc2)n1. The minimum atomic E-state index is 0.842. The quantitative estimate of drug-likeness (QED) is 0.872. The molecule has 0 spiro atoms. The summed E-state index contributed by atoms with van der Waals surface area (Å²) in [4.78, 5) is 8.99. The van der Waals surface area contributed by atoms with Crippen LogP contribution < -0.4 is 5.32 Å². The van der Waals surface area contributed by atoms with Crippen LogP contribution in [0.2, 0.25) is 0 Å². The minimum Gasteiger partial charge on any atom is -0.370 e. The van der Waals surface area contributed by atoms with Gasteiger partial charge in [0.25, 0.3) is 0 Å². The molecule has 0 atom stereocenters. The third-order valence-corrected chi connectivity index (χ3v) is 3.60. The lowest BCUT2D eigenvalue weighted by molar-refractivity contribution is 0.986. The molecular weight excluding hydrogens is 254 g/mol. The van der Waals surface area contributed by atoms with Crippen molar-refractivity contribution in [2.75, 3.05) is 11.9 Å². The first kappa shape index (κ1) is 13.9. The molecule has 1 N–H and O–H groups in total. The fraction of sp³-hybridized carbons (Fsp3) is 0.333. The summed E-state index contributed by atoms with van der Waals surface area (Å²) in [6.07, 6.45) is 0. The van der Waals surface area contributed by atoms with Crippen LogP contribution >= 0.6 is 11.8 Å². The van der Waals surface area contributed by atoms with Gasteiger partial charge in [-0.1, -0.05) is 30.3 Å². The van der Waals surface area contributed by atoms with Crippen molar-refractivity contribution in [2.45, 2.75) is 25.4 Å². The summed E-state index contributed by atoms with van der Waals surface area (Å²) in [5.74, 6) is 3.66. The van der Waals surface area contributed by atoms with Crippen molar-refractivity contribution in [2.24, 2.45) is 0 Å². The molecule has 0 aliphatic heterocycles. The van der Waals surface area contributed by atoms with Crippen molar-refractivity contribution in [1.29, 1.82) is 0 Å². The second-order valence-corrected chi connectivity index (χ2v) is 5.31. The molecular formula is C15H19N3S. The molecule has 0 saturated carbocycles. The number of benzene rings is 1. The molecule has 0 aliphatic rings. The van der Waals surface area contributed by atoms with Crippen LogP contribution in [0.15, 0.2) is 36.4 Å². The van der Waals surface area contributed by atoms with Gasteiger partial charge in [0.1, 0.15) is 11.6 Å². The van der Waals surface area contributed by atoms with E-state index in [-0.39, 0.29) is 0 Å². The highest BCUT2D eigenvalue weighted by molar-refractivity contribution is 7.97. The predicted molar refractivity (Wildman–Crippen MR) is 82.4 cm³/mol. The molecule has 3 nitrogen and oxygen atoms in total. The number of aromatic nitrogens is 2. The van der Waals surface area contributed by atoms with Crippen molar-refractivity contribution in [3.05, 3.63) is 53.5 Å². The third kappa shape index (κ3) is 4.56. The molecule has 0 amide bonds. The molecule has 19 heavy (non-hydrogen) atoms. The molecule has 0 fully saturated rings. The summed E-state index contributed by atoms with van der Waals surface area (Å²) in [5.41, 5.74) is 2.35. The Morgan fingerprint density at radius 1 is 1.11 bits per heavy atom. The van der Waals surface area contributed by atoms with Crippen LogP contribution in [-0.2, 0) is 11.5 Å². The fourth-order valence-electron chi connectivity index (χ4n) is 1.80. The Bertz CT molecular complexity index is 514. The summed E-state index contributed by atoms with van der Waals surface area (Å²) in [6.45, 7) is 4.96. The third-order valence-electron chi connectivity index (χ3n) is 2.60. The van der Waals surface area contributed by atoms with Crippen LogP contribution in [0.3, 0.4) is 0 Å². The lowest BCUT2D eigenvalue weighted by Gasteiger charge is -2.07. The molecule has 1 aromatic heterocycles. The molecule has 0 aliphatic carbocycles. The van der Waals surface area contributed by atoms with Gasteiger partial charge >= 0.3 is 0 Å². The van der Waals surface area contributed by atoms with Crippen molar-refractivity contribution in [3.63, 3.8) is 0 Å². The molecule has 2 rings (SSSR count). The number of thioether (sulfide) groups is 1. The largest absolute Gasteiger partial charge is 0.370 e. The highest BCUT2D eigenvalue weighted by atomic mass is 32.2. The summed E-state index contributed by atoms with van der Waals surface area (Å²) in [5, 5.41) is 3.24. The van der Waals surface area contributed by atoms with Gasteiger partial charge in [-0.15, -0.1) is 11.8 Å². The van der Waals surface area contributed by atoms with E-state index in [2.05, 4.69) is 46.5 Å². The zero-order valence-corrected chi connectivity index (χ0v) is 12.2. The van der Waals surface area contributed by atoms with Crippen molar-refractivity contribution in [3.8, 4) is 0 Å². The Kier molecular flexibility index (Phi) is 5.21. The topological polar surface area (TPSA) is 37.8 Å². The van der Waals surface area contributed by atoms with Crippen molar-refractivity contribution in [1.82, 2.24) is 9.97 Å². The number of anilines is 1. The lowest BCUT2D eigenvalue weighted by Crippen LogP contribution is -2.04. The van der Waals surface area contributed by atoms with Gasteiger partial charge in [0.05, 0.1) is 5.75 Å². The van der Waals surface area contributed by atoms with E-state index in [1.807, 2.05) is 30.8 Å². The van der Waals surface area contributed by atoms with E-state index in [0.29, 0.717) is 0 Å². The Morgan fingerprint density at radius 2 is 1.89 bits per heavy atom. The maximum atomic E-state index is 4.51. The molecule has 0 unspecified atom stereocenters. The molecule has 1 heterocycles. The van der Waals surface area contributed by atoms with Gasteiger partial charge in [-0.05, 0) is 19.4 Å². The summed E-state index contributed by atoms with van der Waals surface area (Å²) in [7, 11) is 0. The molecule has 1 aromatic carbocycles. The van der Waals surface area contributed by atoms with Gasteiger partial charge in [0.2, 0.25) is 0 Å². The molecule has 0 radical (unpaired) electrons. The second-order valence-electron chi connectivity index (χ2n) is 4.32. The van der Waals surface area contributed by atoms with E-state index >= 15 is 0 Å². The Morgan fingerprint density at radius 3 is 2.63 bits per heavy atom. The monoisotopic (exact) mass is 273 g/mol. The van der Waals surface area contributed by atoms with Gasteiger partial charge < -0.3 is 5.32 Å². The van der Waals surface area contributed by atoms with E-state index in [0.717, 1.165) is 35.4 Å². The predicted octanol–water partition coefficient (Wildman–Crippen LogP) is 3.65. The number of aryl methyl sites for hydroxylation is 1. The lowest BCUT2D eigenvalue weighted by atomic mass is 10.2. The smallest absolute Gasteiger partial charge is 0.140 e. The van der Waals surface area contributed by atoms with E-state index in [1.165, 1.54) is 5.56 Å². The van der Waals surface area contributed by atoms with Crippen LogP contribution in [0.25, 0.3) is 0 Å². The van der Waals surface area contributed by atoms with Gasteiger partial charge in [-0.2, -0.15) is 0 Å². The molecule has 0 bridgehead atoms. The Hall–Kier alpha value is -1.55. The van der Waals surface area contributed by atoms with Crippen LogP contribution in [-0.4, -0.2) is 16.5 Å². The van der Waals surface area contributed by atoms with E-state index in [1.54, 1.807) is 0 Å².